The second-order valence-electron chi connectivity index (χ2n) is 5.44. The number of nitro groups is 1. The minimum absolute atomic E-state index is 0.0823. The monoisotopic (exact) mass is 301 g/mol. The predicted octanol–water partition coefficient (Wildman–Crippen LogP) is 2.94. The number of hydrogen-bond donors (Lipinski definition) is 2. The van der Waals surface area contributed by atoms with Crippen molar-refractivity contribution < 1.29 is 14.8 Å². The highest BCUT2D eigenvalue weighted by Gasteiger charge is 2.28. The molecular formula is C12H16ClN3O4. The molecule has 110 valence electrons. The summed E-state index contributed by atoms with van der Waals surface area (Å²) in [6.07, 6.45) is 0.965. The van der Waals surface area contributed by atoms with Crippen molar-refractivity contribution in [3.05, 3.63) is 27.4 Å². The van der Waals surface area contributed by atoms with E-state index in [1.54, 1.807) is 0 Å². The Balaban J connectivity index is 3.00. The summed E-state index contributed by atoms with van der Waals surface area (Å²) < 4.78 is 0. The summed E-state index contributed by atoms with van der Waals surface area (Å²) >= 11 is 5.93. The maximum Gasteiger partial charge on any atom is 0.305 e. The minimum Gasteiger partial charge on any atom is -0.481 e. The summed E-state index contributed by atoms with van der Waals surface area (Å²) in [6.45, 7) is 5.65. The van der Waals surface area contributed by atoms with Crippen molar-refractivity contribution in [1.82, 2.24) is 4.98 Å². The van der Waals surface area contributed by atoms with E-state index < -0.39 is 16.9 Å². The third kappa shape index (κ3) is 4.34. The quantitative estimate of drug-likeness (QED) is 0.640. The average molecular weight is 302 g/mol. The molecule has 8 heteroatoms. The lowest BCUT2D eigenvalue weighted by Gasteiger charge is -2.31. The molecule has 1 heterocycles. The zero-order valence-corrected chi connectivity index (χ0v) is 12.1. The molecule has 1 unspecified atom stereocenters. The summed E-state index contributed by atoms with van der Waals surface area (Å²) in [7, 11) is 0. The van der Waals surface area contributed by atoms with Gasteiger partial charge in [0, 0.05) is 12.1 Å². The van der Waals surface area contributed by atoms with Crippen molar-refractivity contribution in [1.29, 1.82) is 0 Å². The number of nitrogens with one attached hydrogen (secondary N) is 1. The van der Waals surface area contributed by atoms with Crippen LogP contribution in [-0.4, -0.2) is 27.0 Å². The normalized spacial score (nSPS) is 12.8. The second kappa shape index (κ2) is 6.04. The van der Waals surface area contributed by atoms with E-state index >= 15 is 0 Å². The molecule has 1 aromatic heterocycles. The molecule has 20 heavy (non-hydrogen) atoms. The molecule has 1 atom stereocenters. The number of rotatable bonds is 5. The number of aromatic nitrogens is 1. The van der Waals surface area contributed by atoms with Gasteiger partial charge in [0.15, 0.2) is 0 Å². The van der Waals surface area contributed by atoms with Gasteiger partial charge in [0.2, 0.25) is 0 Å². The summed E-state index contributed by atoms with van der Waals surface area (Å²) in [6, 6.07) is 0.767. The lowest BCUT2D eigenvalue weighted by atomic mass is 9.85. The van der Waals surface area contributed by atoms with E-state index in [1.165, 1.54) is 6.07 Å². The Bertz CT molecular complexity index is 528. The van der Waals surface area contributed by atoms with Crippen LogP contribution in [0.1, 0.15) is 27.2 Å². The SMILES string of the molecule is CC(C)(C)C(CC(=O)O)Nc1ncc([N+](=O)[O-])cc1Cl. The van der Waals surface area contributed by atoms with E-state index in [0.717, 1.165) is 6.20 Å². The Morgan fingerprint density at radius 1 is 1.60 bits per heavy atom. The summed E-state index contributed by atoms with van der Waals surface area (Å²) in [5.74, 6) is -0.714. The van der Waals surface area contributed by atoms with Crippen LogP contribution in [0.2, 0.25) is 5.02 Å². The van der Waals surface area contributed by atoms with Gasteiger partial charge in [-0.3, -0.25) is 14.9 Å². The third-order valence-corrected chi connectivity index (χ3v) is 3.06. The van der Waals surface area contributed by atoms with Crippen LogP contribution >= 0.6 is 11.6 Å². The molecule has 1 rings (SSSR count). The van der Waals surface area contributed by atoms with Gasteiger partial charge in [0.25, 0.3) is 5.69 Å². The van der Waals surface area contributed by atoms with Crippen LogP contribution in [0.5, 0.6) is 0 Å². The molecule has 0 spiro atoms. The fourth-order valence-electron chi connectivity index (χ4n) is 1.55. The highest BCUT2D eigenvalue weighted by molar-refractivity contribution is 6.33. The lowest BCUT2D eigenvalue weighted by molar-refractivity contribution is -0.385. The maximum atomic E-state index is 10.9. The second-order valence-corrected chi connectivity index (χ2v) is 5.85. The van der Waals surface area contributed by atoms with Crippen molar-refractivity contribution in [3.63, 3.8) is 0 Å². The van der Waals surface area contributed by atoms with Gasteiger partial charge in [-0.2, -0.15) is 0 Å². The van der Waals surface area contributed by atoms with Crippen molar-refractivity contribution in [2.75, 3.05) is 5.32 Å². The van der Waals surface area contributed by atoms with E-state index in [2.05, 4.69) is 10.3 Å². The van der Waals surface area contributed by atoms with Gasteiger partial charge in [-0.15, -0.1) is 0 Å². The largest absolute Gasteiger partial charge is 0.481 e. The van der Waals surface area contributed by atoms with Crippen LogP contribution in [0, 0.1) is 15.5 Å². The Labute approximate surface area is 121 Å². The number of aliphatic carboxylic acids is 1. The molecule has 0 fully saturated rings. The van der Waals surface area contributed by atoms with Crippen molar-refractivity contribution in [2.24, 2.45) is 5.41 Å². The van der Waals surface area contributed by atoms with Gasteiger partial charge in [-0.1, -0.05) is 32.4 Å². The van der Waals surface area contributed by atoms with Gasteiger partial charge in [0.1, 0.15) is 12.0 Å². The highest BCUT2D eigenvalue weighted by Crippen LogP contribution is 2.29. The summed E-state index contributed by atoms with van der Waals surface area (Å²) in [5, 5.41) is 22.5. The Morgan fingerprint density at radius 2 is 2.20 bits per heavy atom. The fourth-order valence-corrected chi connectivity index (χ4v) is 1.76. The first-order valence-electron chi connectivity index (χ1n) is 5.89. The molecule has 1 aromatic rings. The van der Waals surface area contributed by atoms with Crippen molar-refractivity contribution in [2.45, 2.75) is 33.2 Å². The first-order chi connectivity index (χ1) is 9.11. The zero-order chi connectivity index (χ0) is 15.5. The number of anilines is 1. The van der Waals surface area contributed by atoms with Gasteiger partial charge in [-0.05, 0) is 5.41 Å². The molecule has 0 amide bonds. The number of carboxylic acid groups (broad SMARTS) is 1. The standard InChI is InChI=1S/C12H16ClN3O4/c1-12(2,3)9(5-10(17)18)15-11-8(13)4-7(6-14-11)16(19)20/h4,6,9H,5H2,1-3H3,(H,14,15)(H,17,18). The predicted molar refractivity (Wildman–Crippen MR) is 75.0 cm³/mol. The zero-order valence-electron chi connectivity index (χ0n) is 11.4. The number of hydrogen-bond acceptors (Lipinski definition) is 5. The Kier molecular flexibility index (Phi) is 4.88. The molecule has 0 aliphatic rings. The van der Waals surface area contributed by atoms with Crippen molar-refractivity contribution >= 4 is 29.1 Å². The summed E-state index contributed by atoms with van der Waals surface area (Å²) in [5.41, 5.74) is -0.559. The number of nitrogens with zero attached hydrogens (tertiary/aromatic N) is 2. The van der Waals surface area contributed by atoms with Crippen LogP contribution in [0.3, 0.4) is 0 Å². The molecule has 0 saturated heterocycles. The molecule has 2 N–H and O–H groups in total. The van der Waals surface area contributed by atoms with Gasteiger partial charge in [-0.25, -0.2) is 4.98 Å². The molecule has 0 bridgehead atoms. The van der Waals surface area contributed by atoms with Gasteiger partial charge < -0.3 is 10.4 Å². The van der Waals surface area contributed by atoms with E-state index in [4.69, 9.17) is 16.7 Å². The molecular weight excluding hydrogens is 286 g/mol. The maximum absolute atomic E-state index is 10.9. The number of pyridine rings is 1. The lowest BCUT2D eigenvalue weighted by Crippen LogP contribution is -2.36. The minimum atomic E-state index is -0.949. The van der Waals surface area contributed by atoms with E-state index in [-0.39, 0.29) is 28.4 Å². The fraction of sp³-hybridized carbons (Fsp3) is 0.500. The summed E-state index contributed by atoms with van der Waals surface area (Å²) in [4.78, 5) is 24.8. The van der Waals surface area contributed by atoms with Crippen LogP contribution < -0.4 is 5.32 Å². The molecule has 0 aliphatic heterocycles. The van der Waals surface area contributed by atoms with Gasteiger partial charge >= 0.3 is 5.97 Å². The smallest absolute Gasteiger partial charge is 0.305 e. The number of halogens is 1. The molecule has 7 nitrogen and oxygen atoms in total. The van der Waals surface area contributed by atoms with E-state index in [1.807, 2.05) is 20.8 Å². The van der Waals surface area contributed by atoms with Crippen LogP contribution in [0.25, 0.3) is 0 Å². The first kappa shape index (κ1) is 16.2. The average Bonchev–Trinajstić information content (AvgIpc) is 2.28. The van der Waals surface area contributed by atoms with Crippen LogP contribution in [0.15, 0.2) is 12.3 Å². The Morgan fingerprint density at radius 3 is 2.60 bits per heavy atom. The van der Waals surface area contributed by atoms with Gasteiger partial charge in [0.05, 0.1) is 16.4 Å². The van der Waals surface area contributed by atoms with Crippen molar-refractivity contribution in [3.8, 4) is 0 Å². The van der Waals surface area contributed by atoms with E-state index in [9.17, 15) is 14.9 Å². The van der Waals surface area contributed by atoms with E-state index in [0.29, 0.717) is 0 Å². The molecule has 0 saturated carbocycles. The van der Waals surface area contributed by atoms with Crippen LogP contribution in [0.4, 0.5) is 11.5 Å². The number of carbonyl (C=O) groups is 1. The molecule has 0 aliphatic carbocycles. The third-order valence-electron chi connectivity index (χ3n) is 2.77. The van der Waals surface area contributed by atoms with Crippen LogP contribution in [-0.2, 0) is 4.79 Å². The first-order valence-corrected chi connectivity index (χ1v) is 6.27. The molecule has 0 radical (unpaired) electrons. The highest BCUT2D eigenvalue weighted by atomic mass is 35.5. The topological polar surface area (TPSA) is 105 Å². The Hall–Kier alpha value is -1.89. The molecule has 0 aromatic carbocycles. The number of carboxylic acids is 1.